The highest BCUT2D eigenvalue weighted by Crippen LogP contribution is 2.26. The number of pyridine rings is 1. The third-order valence-corrected chi connectivity index (χ3v) is 5.95. The standard InChI is InChI=1S/C16H16N4O2S2/c1-24(21,22)16-18-8-12-9-20(6-4-14(12)19-16)10-13-7-11-3-2-5-17-15(11)23-13/h2-3,5,7-8H,4,6,9-10H2,1H3. The van der Waals surface area contributed by atoms with Crippen molar-refractivity contribution in [2.75, 3.05) is 12.8 Å². The molecule has 0 radical (unpaired) electrons. The molecule has 3 aromatic rings. The van der Waals surface area contributed by atoms with Crippen molar-refractivity contribution in [3.05, 3.63) is 46.7 Å². The molecule has 0 atom stereocenters. The highest BCUT2D eigenvalue weighted by atomic mass is 32.2. The summed E-state index contributed by atoms with van der Waals surface area (Å²) in [5.41, 5.74) is 1.85. The summed E-state index contributed by atoms with van der Waals surface area (Å²) in [7, 11) is -3.35. The Bertz CT molecular complexity index is 981. The first-order chi connectivity index (χ1) is 11.5. The van der Waals surface area contributed by atoms with Gasteiger partial charge in [-0.15, -0.1) is 11.3 Å². The van der Waals surface area contributed by atoms with Gasteiger partial charge in [0.1, 0.15) is 4.83 Å². The number of fused-ring (bicyclic) bond motifs is 2. The van der Waals surface area contributed by atoms with Crippen LogP contribution in [0.2, 0.25) is 0 Å². The van der Waals surface area contributed by atoms with E-state index >= 15 is 0 Å². The third kappa shape index (κ3) is 3.04. The van der Waals surface area contributed by atoms with Crippen LogP contribution in [0.25, 0.3) is 10.2 Å². The minimum atomic E-state index is -3.35. The Kier molecular flexibility index (Phi) is 3.82. The summed E-state index contributed by atoms with van der Waals surface area (Å²) < 4.78 is 23.1. The van der Waals surface area contributed by atoms with E-state index in [-0.39, 0.29) is 5.16 Å². The summed E-state index contributed by atoms with van der Waals surface area (Å²) in [6, 6.07) is 6.22. The smallest absolute Gasteiger partial charge is 0.246 e. The molecule has 0 saturated carbocycles. The van der Waals surface area contributed by atoms with Crippen LogP contribution in [0.5, 0.6) is 0 Å². The SMILES string of the molecule is CS(=O)(=O)c1ncc2c(n1)CCN(Cc1cc3cccnc3s1)C2. The molecule has 0 fully saturated rings. The van der Waals surface area contributed by atoms with E-state index in [0.29, 0.717) is 0 Å². The Morgan fingerprint density at radius 3 is 3.00 bits per heavy atom. The molecule has 0 unspecified atom stereocenters. The summed E-state index contributed by atoms with van der Waals surface area (Å²) in [4.78, 5) is 17.3. The Hall–Kier alpha value is -1.90. The van der Waals surface area contributed by atoms with Crippen LogP contribution in [0, 0.1) is 0 Å². The van der Waals surface area contributed by atoms with Gasteiger partial charge in [-0.25, -0.2) is 23.4 Å². The highest BCUT2D eigenvalue weighted by Gasteiger charge is 2.21. The zero-order chi connectivity index (χ0) is 16.7. The van der Waals surface area contributed by atoms with Gasteiger partial charge >= 0.3 is 0 Å². The topological polar surface area (TPSA) is 76.1 Å². The van der Waals surface area contributed by atoms with Crippen molar-refractivity contribution in [1.82, 2.24) is 19.9 Å². The molecule has 3 aromatic heterocycles. The number of rotatable bonds is 3. The van der Waals surface area contributed by atoms with E-state index in [1.165, 1.54) is 10.3 Å². The van der Waals surface area contributed by atoms with Gasteiger partial charge in [-0.3, -0.25) is 4.90 Å². The molecule has 1 aliphatic rings. The average molecular weight is 360 g/mol. The van der Waals surface area contributed by atoms with E-state index < -0.39 is 9.84 Å². The molecule has 0 spiro atoms. The van der Waals surface area contributed by atoms with Crippen LogP contribution in [0.4, 0.5) is 0 Å². The van der Waals surface area contributed by atoms with Crippen molar-refractivity contribution in [2.24, 2.45) is 0 Å². The molecule has 0 amide bonds. The van der Waals surface area contributed by atoms with Gasteiger partial charge in [-0.1, -0.05) is 6.07 Å². The molecule has 1 aliphatic heterocycles. The number of thiophene rings is 1. The molecule has 0 N–H and O–H groups in total. The van der Waals surface area contributed by atoms with Crippen LogP contribution in [0.15, 0.2) is 35.7 Å². The predicted molar refractivity (Wildman–Crippen MR) is 92.6 cm³/mol. The normalized spacial score (nSPS) is 15.5. The summed E-state index contributed by atoms with van der Waals surface area (Å²) in [6.45, 7) is 2.45. The molecule has 0 bridgehead atoms. The van der Waals surface area contributed by atoms with Gasteiger partial charge in [-0.2, -0.15) is 0 Å². The average Bonchev–Trinajstić information content (AvgIpc) is 2.95. The molecule has 0 aromatic carbocycles. The minimum absolute atomic E-state index is 0.0784. The van der Waals surface area contributed by atoms with Crippen LogP contribution in [-0.2, 0) is 29.3 Å². The van der Waals surface area contributed by atoms with Crippen LogP contribution in [0.1, 0.15) is 16.1 Å². The van der Waals surface area contributed by atoms with Crippen molar-refractivity contribution in [2.45, 2.75) is 24.7 Å². The first-order valence-corrected chi connectivity index (χ1v) is 10.3. The summed E-state index contributed by atoms with van der Waals surface area (Å²) in [5, 5.41) is 1.10. The molecule has 0 saturated heterocycles. The molecule has 4 rings (SSSR count). The fourth-order valence-electron chi connectivity index (χ4n) is 2.89. The largest absolute Gasteiger partial charge is 0.293 e. The van der Waals surface area contributed by atoms with Crippen molar-refractivity contribution in [3.63, 3.8) is 0 Å². The second-order valence-electron chi connectivity index (χ2n) is 5.97. The Morgan fingerprint density at radius 2 is 2.21 bits per heavy atom. The van der Waals surface area contributed by atoms with Crippen LogP contribution >= 0.6 is 11.3 Å². The number of hydrogen-bond acceptors (Lipinski definition) is 7. The number of nitrogens with zero attached hydrogens (tertiary/aromatic N) is 4. The van der Waals surface area contributed by atoms with Gasteiger partial charge in [0.2, 0.25) is 15.0 Å². The van der Waals surface area contributed by atoms with Gasteiger partial charge in [0.05, 0.1) is 5.69 Å². The van der Waals surface area contributed by atoms with E-state index in [1.807, 2.05) is 12.3 Å². The fraction of sp³-hybridized carbons (Fsp3) is 0.312. The van der Waals surface area contributed by atoms with E-state index in [9.17, 15) is 8.42 Å². The summed E-state index contributed by atoms with van der Waals surface area (Å²) >= 11 is 1.71. The van der Waals surface area contributed by atoms with Crippen LogP contribution in [0.3, 0.4) is 0 Å². The summed E-state index contributed by atoms with van der Waals surface area (Å²) in [5.74, 6) is 0. The molecule has 24 heavy (non-hydrogen) atoms. The van der Waals surface area contributed by atoms with E-state index in [1.54, 1.807) is 17.5 Å². The Labute approximate surface area is 144 Å². The Balaban J connectivity index is 1.54. The predicted octanol–water partition coefficient (Wildman–Crippen LogP) is 2.05. The highest BCUT2D eigenvalue weighted by molar-refractivity contribution is 7.90. The van der Waals surface area contributed by atoms with E-state index in [0.717, 1.165) is 48.4 Å². The molecular weight excluding hydrogens is 344 g/mol. The third-order valence-electron chi connectivity index (χ3n) is 4.05. The first kappa shape index (κ1) is 15.6. The maximum absolute atomic E-state index is 11.6. The summed E-state index contributed by atoms with van der Waals surface area (Å²) in [6.07, 6.45) is 5.34. The fourth-order valence-corrected chi connectivity index (χ4v) is 4.45. The monoisotopic (exact) mass is 360 g/mol. The molecular formula is C16H16N4O2S2. The zero-order valence-corrected chi connectivity index (χ0v) is 14.8. The Morgan fingerprint density at radius 1 is 1.33 bits per heavy atom. The van der Waals surface area contributed by atoms with Gasteiger partial charge in [-0.05, 0) is 12.1 Å². The lowest BCUT2D eigenvalue weighted by Gasteiger charge is -2.27. The van der Waals surface area contributed by atoms with E-state index in [2.05, 4.69) is 32.0 Å². The second-order valence-corrected chi connectivity index (χ2v) is 8.99. The van der Waals surface area contributed by atoms with Crippen LogP contribution in [-0.4, -0.2) is 41.1 Å². The lowest BCUT2D eigenvalue weighted by molar-refractivity contribution is 0.244. The number of sulfone groups is 1. The second kappa shape index (κ2) is 5.87. The maximum atomic E-state index is 11.6. The molecule has 4 heterocycles. The lowest BCUT2D eigenvalue weighted by Crippen LogP contribution is -2.31. The van der Waals surface area contributed by atoms with Gasteiger partial charge in [0, 0.05) is 60.5 Å². The van der Waals surface area contributed by atoms with Gasteiger partial charge in [0.15, 0.2) is 0 Å². The number of aromatic nitrogens is 3. The molecule has 124 valence electrons. The van der Waals surface area contributed by atoms with Crippen molar-refractivity contribution >= 4 is 31.4 Å². The van der Waals surface area contributed by atoms with Crippen LogP contribution < -0.4 is 0 Å². The molecule has 0 aliphatic carbocycles. The van der Waals surface area contributed by atoms with Crippen molar-refractivity contribution in [3.8, 4) is 0 Å². The van der Waals surface area contributed by atoms with Crippen molar-refractivity contribution < 1.29 is 8.42 Å². The minimum Gasteiger partial charge on any atom is -0.293 e. The zero-order valence-electron chi connectivity index (χ0n) is 13.1. The van der Waals surface area contributed by atoms with Gasteiger partial charge < -0.3 is 0 Å². The molecule has 6 nitrogen and oxygen atoms in total. The maximum Gasteiger partial charge on any atom is 0.246 e. The quantitative estimate of drug-likeness (QED) is 0.666. The van der Waals surface area contributed by atoms with Gasteiger partial charge in [0.25, 0.3) is 0 Å². The number of hydrogen-bond donors (Lipinski definition) is 0. The first-order valence-electron chi connectivity index (χ1n) is 7.60. The van der Waals surface area contributed by atoms with Crippen molar-refractivity contribution in [1.29, 1.82) is 0 Å². The molecule has 8 heteroatoms. The van der Waals surface area contributed by atoms with E-state index in [4.69, 9.17) is 0 Å². The lowest BCUT2D eigenvalue weighted by atomic mass is 10.1.